The van der Waals surface area contributed by atoms with Crippen LogP contribution in [0.2, 0.25) is 0 Å². The van der Waals surface area contributed by atoms with Crippen LogP contribution in [0.15, 0.2) is 89.8 Å². The van der Waals surface area contributed by atoms with Gasteiger partial charge in [0, 0.05) is 0 Å². The number of nitrogens with one attached hydrogen (secondary N) is 1. The average Bonchev–Trinajstić information content (AvgIpc) is 2.90. The highest BCUT2D eigenvalue weighted by Crippen LogP contribution is 2.20. The molecule has 4 N–H and O–H groups in total. The molecule has 3 aromatic carbocycles. The normalized spacial score (nSPS) is 15.2. The van der Waals surface area contributed by atoms with Crippen LogP contribution in [0.25, 0.3) is 0 Å². The number of benzene rings is 3. The molecule has 9 heteroatoms. The van der Waals surface area contributed by atoms with Crippen LogP contribution >= 0.6 is 0 Å². The third-order valence-electron chi connectivity index (χ3n) is 5.69. The van der Waals surface area contributed by atoms with Crippen molar-refractivity contribution >= 4 is 10.0 Å². The van der Waals surface area contributed by atoms with Crippen molar-refractivity contribution in [3.63, 3.8) is 0 Å². The van der Waals surface area contributed by atoms with Crippen molar-refractivity contribution in [1.82, 2.24) is 4.72 Å². The van der Waals surface area contributed by atoms with E-state index in [1.807, 2.05) is 67.6 Å². The maximum atomic E-state index is 13.1. The van der Waals surface area contributed by atoms with Gasteiger partial charge >= 0.3 is 0 Å². The van der Waals surface area contributed by atoms with E-state index < -0.39 is 47.6 Å². The second kappa shape index (κ2) is 13.6. The number of aliphatic hydroxyl groups is 3. The SMILES string of the molecule is Cc1ccc(S(=O)(=O)N[C@@H](CO)[C@@H](OCc2ccccc2)[C@H](OCc2ccccc2)[C@H](O)CO)cc1. The van der Waals surface area contributed by atoms with Crippen LogP contribution in [-0.2, 0) is 32.7 Å². The summed E-state index contributed by atoms with van der Waals surface area (Å²) in [6.07, 6.45) is -3.69. The summed E-state index contributed by atoms with van der Waals surface area (Å²) in [5.74, 6) is 0. The lowest BCUT2D eigenvalue weighted by atomic mass is 10.0. The van der Waals surface area contributed by atoms with Crippen molar-refractivity contribution in [3.8, 4) is 0 Å². The monoisotopic (exact) mass is 515 g/mol. The summed E-state index contributed by atoms with van der Waals surface area (Å²) in [4.78, 5) is 0.0258. The summed E-state index contributed by atoms with van der Waals surface area (Å²) in [6.45, 7) is 0.717. The molecule has 0 bridgehead atoms. The van der Waals surface area contributed by atoms with Crippen LogP contribution in [0.1, 0.15) is 16.7 Å². The molecule has 0 aliphatic heterocycles. The van der Waals surface area contributed by atoms with Gasteiger partial charge in [-0.1, -0.05) is 78.4 Å². The van der Waals surface area contributed by atoms with E-state index >= 15 is 0 Å². The second-order valence-electron chi connectivity index (χ2n) is 8.50. The van der Waals surface area contributed by atoms with E-state index in [4.69, 9.17) is 9.47 Å². The first kappa shape index (κ1) is 27.9. The maximum Gasteiger partial charge on any atom is 0.240 e. The quantitative estimate of drug-likeness (QED) is 0.259. The van der Waals surface area contributed by atoms with Gasteiger partial charge in [-0.25, -0.2) is 13.1 Å². The van der Waals surface area contributed by atoms with Crippen LogP contribution in [0.3, 0.4) is 0 Å². The van der Waals surface area contributed by atoms with E-state index in [1.54, 1.807) is 12.1 Å². The van der Waals surface area contributed by atoms with E-state index in [0.717, 1.165) is 16.7 Å². The molecule has 0 aromatic heterocycles. The van der Waals surface area contributed by atoms with E-state index in [9.17, 15) is 23.7 Å². The minimum absolute atomic E-state index is 0.0258. The zero-order valence-electron chi connectivity index (χ0n) is 20.1. The van der Waals surface area contributed by atoms with Crippen molar-refractivity contribution in [3.05, 3.63) is 102 Å². The van der Waals surface area contributed by atoms with Gasteiger partial charge in [0.25, 0.3) is 0 Å². The lowest BCUT2D eigenvalue weighted by molar-refractivity contribution is -0.152. The summed E-state index contributed by atoms with van der Waals surface area (Å²) < 4.78 is 40.7. The Labute approximate surface area is 212 Å². The van der Waals surface area contributed by atoms with Gasteiger partial charge in [-0.05, 0) is 30.2 Å². The van der Waals surface area contributed by atoms with E-state index in [1.165, 1.54) is 12.1 Å². The van der Waals surface area contributed by atoms with Gasteiger partial charge in [-0.3, -0.25) is 0 Å². The Morgan fingerprint density at radius 3 is 1.72 bits per heavy atom. The number of sulfonamides is 1. The van der Waals surface area contributed by atoms with Crippen LogP contribution in [0.4, 0.5) is 0 Å². The van der Waals surface area contributed by atoms with E-state index in [0.29, 0.717) is 0 Å². The summed E-state index contributed by atoms with van der Waals surface area (Å²) in [6, 6.07) is 23.5. The molecule has 0 spiro atoms. The van der Waals surface area contributed by atoms with Crippen LogP contribution in [-0.4, -0.2) is 61.3 Å². The molecule has 36 heavy (non-hydrogen) atoms. The standard InChI is InChI=1S/C27H33NO7S/c1-20-12-14-23(15-13-20)36(32,33)28-24(16-29)26(34-18-21-8-4-2-5-9-21)27(25(31)17-30)35-19-22-10-6-3-7-11-22/h2-15,24-31H,16-19H2,1H3/t24-,25+,26+,27+/m0/s1. The molecular weight excluding hydrogens is 482 g/mol. The Balaban J connectivity index is 1.89. The average molecular weight is 516 g/mol. The molecule has 0 fully saturated rings. The Kier molecular flexibility index (Phi) is 10.6. The van der Waals surface area contributed by atoms with Gasteiger partial charge in [0.1, 0.15) is 18.3 Å². The van der Waals surface area contributed by atoms with Crippen molar-refractivity contribution in [2.24, 2.45) is 0 Å². The zero-order chi connectivity index (χ0) is 26.0. The van der Waals surface area contributed by atoms with Crippen LogP contribution < -0.4 is 4.72 Å². The second-order valence-corrected chi connectivity index (χ2v) is 10.2. The fraction of sp³-hybridized carbons (Fsp3) is 0.333. The molecule has 0 aliphatic carbocycles. The van der Waals surface area contributed by atoms with Crippen molar-refractivity contribution in [2.45, 2.75) is 49.4 Å². The molecule has 194 valence electrons. The fourth-order valence-corrected chi connectivity index (χ4v) is 4.93. The Hall–Kier alpha value is -2.63. The molecular formula is C27H33NO7S. The van der Waals surface area contributed by atoms with Crippen LogP contribution in [0, 0.1) is 6.92 Å². The van der Waals surface area contributed by atoms with Gasteiger partial charge < -0.3 is 24.8 Å². The Morgan fingerprint density at radius 1 is 0.750 bits per heavy atom. The topological polar surface area (TPSA) is 125 Å². The highest BCUT2D eigenvalue weighted by Gasteiger charge is 2.38. The Bertz CT molecular complexity index is 1140. The van der Waals surface area contributed by atoms with E-state index in [-0.39, 0.29) is 18.1 Å². The summed E-state index contributed by atoms with van der Waals surface area (Å²) >= 11 is 0. The number of ether oxygens (including phenoxy) is 2. The van der Waals surface area contributed by atoms with Gasteiger partial charge in [-0.2, -0.15) is 0 Å². The molecule has 3 rings (SSSR count). The molecule has 0 radical (unpaired) electrons. The first-order chi connectivity index (χ1) is 17.3. The molecule has 0 saturated carbocycles. The zero-order valence-corrected chi connectivity index (χ0v) is 20.9. The maximum absolute atomic E-state index is 13.1. The predicted octanol–water partition coefficient (Wildman–Crippen LogP) is 2.16. The molecule has 4 atom stereocenters. The van der Waals surface area contributed by atoms with Crippen molar-refractivity contribution in [1.29, 1.82) is 0 Å². The smallest absolute Gasteiger partial charge is 0.240 e. The molecule has 0 saturated heterocycles. The number of aryl methyl sites for hydroxylation is 1. The van der Waals surface area contributed by atoms with Crippen LogP contribution in [0.5, 0.6) is 0 Å². The molecule has 0 heterocycles. The minimum atomic E-state index is -4.04. The first-order valence-electron chi connectivity index (χ1n) is 11.6. The molecule has 0 amide bonds. The number of aliphatic hydroxyl groups excluding tert-OH is 3. The lowest BCUT2D eigenvalue weighted by Gasteiger charge is -2.35. The van der Waals surface area contributed by atoms with E-state index in [2.05, 4.69) is 4.72 Å². The van der Waals surface area contributed by atoms with Gasteiger partial charge in [0.2, 0.25) is 10.0 Å². The molecule has 8 nitrogen and oxygen atoms in total. The highest BCUT2D eigenvalue weighted by atomic mass is 32.2. The third kappa shape index (κ3) is 7.94. The van der Waals surface area contributed by atoms with Gasteiger partial charge in [0.15, 0.2) is 0 Å². The highest BCUT2D eigenvalue weighted by molar-refractivity contribution is 7.89. The molecule has 0 aliphatic rings. The molecule has 3 aromatic rings. The third-order valence-corrected chi connectivity index (χ3v) is 7.20. The summed E-state index contributed by atoms with van der Waals surface area (Å²) in [5, 5.41) is 30.6. The summed E-state index contributed by atoms with van der Waals surface area (Å²) in [7, 11) is -4.04. The van der Waals surface area contributed by atoms with Gasteiger partial charge in [0.05, 0.1) is 37.4 Å². The predicted molar refractivity (Wildman–Crippen MR) is 136 cm³/mol. The number of rotatable bonds is 14. The molecule has 0 unspecified atom stereocenters. The summed E-state index contributed by atoms with van der Waals surface area (Å²) in [5.41, 5.74) is 2.52. The van der Waals surface area contributed by atoms with Crippen molar-refractivity contribution in [2.75, 3.05) is 13.2 Å². The number of hydrogen-bond acceptors (Lipinski definition) is 7. The lowest BCUT2D eigenvalue weighted by Crippen LogP contribution is -2.56. The van der Waals surface area contributed by atoms with Gasteiger partial charge in [-0.15, -0.1) is 0 Å². The van der Waals surface area contributed by atoms with Crippen molar-refractivity contribution < 1.29 is 33.2 Å². The Morgan fingerprint density at radius 2 is 1.25 bits per heavy atom. The minimum Gasteiger partial charge on any atom is -0.395 e. The fourth-order valence-electron chi connectivity index (χ4n) is 3.70. The largest absolute Gasteiger partial charge is 0.395 e. The first-order valence-corrected chi connectivity index (χ1v) is 13.1. The number of hydrogen-bond donors (Lipinski definition) is 4.